The van der Waals surface area contributed by atoms with Crippen molar-refractivity contribution in [3.8, 4) is 6.07 Å². The summed E-state index contributed by atoms with van der Waals surface area (Å²) in [4.78, 5) is 18.7. The molecular weight excluding hydrogens is 250 g/mol. The SMILES string of the molecule is Cc1ccc(C(=O)N2CCCC(C)(C)C2C#N)nc1C. The van der Waals surface area contributed by atoms with Gasteiger partial charge in [-0.05, 0) is 43.7 Å². The highest BCUT2D eigenvalue weighted by Crippen LogP contribution is 2.35. The highest BCUT2D eigenvalue weighted by atomic mass is 16.2. The number of aryl methyl sites for hydroxylation is 2. The van der Waals surface area contributed by atoms with Crippen LogP contribution in [0.25, 0.3) is 0 Å². The van der Waals surface area contributed by atoms with Crippen molar-refractivity contribution in [2.75, 3.05) is 6.54 Å². The van der Waals surface area contributed by atoms with Crippen molar-refractivity contribution < 1.29 is 4.79 Å². The lowest BCUT2D eigenvalue weighted by Crippen LogP contribution is -2.51. The number of aromatic nitrogens is 1. The van der Waals surface area contributed by atoms with Gasteiger partial charge in [0, 0.05) is 12.2 Å². The Balaban J connectivity index is 2.32. The fourth-order valence-corrected chi connectivity index (χ4v) is 2.75. The van der Waals surface area contributed by atoms with Gasteiger partial charge in [0.2, 0.25) is 0 Å². The van der Waals surface area contributed by atoms with Crippen molar-refractivity contribution in [3.63, 3.8) is 0 Å². The van der Waals surface area contributed by atoms with Crippen LogP contribution in [-0.2, 0) is 0 Å². The van der Waals surface area contributed by atoms with E-state index in [1.807, 2.05) is 33.8 Å². The van der Waals surface area contributed by atoms with Gasteiger partial charge in [0.25, 0.3) is 5.91 Å². The number of carbonyl (C=O) groups is 1. The van der Waals surface area contributed by atoms with E-state index in [1.54, 1.807) is 11.0 Å². The largest absolute Gasteiger partial charge is 0.321 e. The molecule has 2 rings (SSSR count). The minimum Gasteiger partial charge on any atom is -0.321 e. The van der Waals surface area contributed by atoms with Gasteiger partial charge in [-0.15, -0.1) is 0 Å². The van der Waals surface area contributed by atoms with Crippen LogP contribution in [0.5, 0.6) is 0 Å². The second-order valence-electron chi connectivity index (χ2n) is 6.22. The second kappa shape index (κ2) is 5.24. The number of amides is 1. The molecule has 1 aromatic heterocycles. The van der Waals surface area contributed by atoms with E-state index in [1.165, 1.54) is 0 Å². The molecule has 1 fully saturated rings. The van der Waals surface area contributed by atoms with Gasteiger partial charge < -0.3 is 4.90 Å². The molecule has 4 heteroatoms. The van der Waals surface area contributed by atoms with Crippen molar-refractivity contribution in [2.45, 2.75) is 46.6 Å². The number of rotatable bonds is 1. The highest BCUT2D eigenvalue weighted by Gasteiger charge is 2.40. The molecule has 0 radical (unpaired) electrons. The van der Waals surface area contributed by atoms with Crippen molar-refractivity contribution in [1.29, 1.82) is 5.26 Å². The first kappa shape index (κ1) is 14.5. The molecule has 20 heavy (non-hydrogen) atoms. The summed E-state index contributed by atoms with van der Waals surface area (Å²) in [5.74, 6) is -0.132. The predicted octanol–water partition coefficient (Wildman–Crippen LogP) is 2.85. The summed E-state index contributed by atoms with van der Waals surface area (Å²) in [5, 5.41) is 9.43. The number of piperidine rings is 1. The predicted molar refractivity (Wildman–Crippen MR) is 77.2 cm³/mol. The summed E-state index contributed by atoms with van der Waals surface area (Å²) in [6.07, 6.45) is 1.90. The molecule has 106 valence electrons. The highest BCUT2D eigenvalue weighted by molar-refractivity contribution is 5.93. The molecule has 1 aliphatic heterocycles. The lowest BCUT2D eigenvalue weighted by Gasteiger charge is -2.42. The van der Waals surface area contributed by atoms with Gasteiger partial charge in [-0.25, -0.2) is 4.98 Å². The van der Waals surface area contributed by atoms with E-state index in [2.05, 4.69) is 11.1 Å². The van der Waals surface area contributed by atoms with E-state index in [0.717, 1.165) is 24.1 Å². The Hall–Kier alpha value is -1.89. The maximum atomic E-state index is 12.6. The van der Waals surface area contributed by atoms with Crippen LogP contribution in [0.2, 0.25) is 0 Å². The minimum atomic E-state index is -0.382. The third-order valence-corrected chi connectivity index (χ3v) is 4.22. The molecule has 1 aliphatic rings. The Kier molecular flexibility index (Phi) is 3.80. The van der Waals surface area contributed by atoms with Gasteiger partial charge in [0.15, 0.2) is 0 Å². The minimum absolute atomic E-state index is 0.132. The van der Waals surface area contributed by atoms with Gasteiger partial charge in [0.1, 0.15) is 11.7 Å². The van der Waals surface area contributed by atoms with Crippen LogP contribution < -0.4 is 0 Å². The molecule has 1 aromatic rings. The summed E-state index contributed by atoms with van der Waals surface area (Å²) in [6, 6.07) is 5.58. The molecule has 0 aliphatic carbocycles. The first-order valence-electron chi connectivity index (χ1n) is 7.01. The normalized spacial score (nSPS) is 21.4. The molecule has 4 nitrogen and oxygen atoms in total. The van der Waals surface area contributed by atoms with Crippen LogP contribution in [0.3, 0.4) is 0 Å². The molecule has 2 heterocycles. The second-order valence-corrected chi connectivity index (χ2v) is 6.22. The smallest absolute Gasteiger partial charge is 0.273 e. The van der Waals surface area contributed by atoms with E-state index in [9.17, 15) is 10.1 Å². The third-order valence-electron chi connectivity index (χ3n) is 4.22. The van der Waals surface area contributed by atoms with Crippen molar-refractivity contribution in [2.24, 2.45) is 5.41 Å². The van der Waals surface area contributed by atoms with E-state index >= 15 is 0 Å². The van der Waals surface area contributed by atoms with Crippen molar-refractivity contribution >= 4 is 5.91 Å². The Morgan fingerprint density at radius 2 is 2.15 bits per heavy atom. The lowest BCUT2D eigenvalue weighted by atomic mass is 9.77. The number of hydrogen-bond donors (Lipinski definition) is 0. The Morgan fingerprint density at radius 3 is 2.75 bits per heavy atom. The molecule has 0 saturated carbocycles. The molecule has 1 unspecified atom stereocenters. The van der Waals surface area contributed by atoms with Gasteiger partial charge in [-0.2, -0.15) is 5.26 Å². The summed E-state index contributed by atoms with van der Waals surface area (Å²) < 4.78 is 0. The molecule has 0 bridgehead atoms. The summed E-state index contributed by atoms with van der Waals surface area (Å²) in [6.45, 7) is 8.60. The quantitative estimate of drug-likeness (QED) is 0.789. The van der Waals surface area contributed by atoms with Crippen molar-refractivity contribution in [3.05, 3.63) is 29.1 Å². The zero-order chi connectivity index (χ0) is 14.9. The standard InChI is InChI=1S/C16H21N3O/c1-11-6-7-13(18-12(11)2)15(20)19-9-5-8-16(3,4)14(19)10-17/h6-7,14H,5,8-9H2,1-4H3. The van der Waals surface area contributed by atoms with Gasteiger partial charge >= 0.3 is 0 Å². The summed E-state index contributed by atoms with van der Waals surface area (Å²) in [5.41, 5.74) is 2.20. The topological polar surface area (TPSA) is 57.0 Å². The third kappa shape index (κ3) is 2.53. The summed E-state index contributed by atoms with van der Waals surface area (Å²) in [7, 11) is 0. The molecule has 1 atom stereocenters. The van der Waals surface area contributed by atoms with Crippen LogP contribution >= 0.6 is 0 Å². The van der Waals surface area contributed by atoms with Crippen molar-refractivity contribution in [1.82, 2.24) is 9.88 Å². The molecule has 0 N–H and O–H groups in total. The lowest BCUT2D eigenvalue weighted by molar-refractivity contribution is 0.0432. The van der Waals surface area contributed by atoms with E-state index in [0.29, 0.717) is 12.2 Å². The van der Waals surface area contributed by atoms with Gasteiger partial charge in [0.05, 0.1) is 6.07 Å². The first-order valence-corrected chi connectivity index (χ1v) is 7.01. The number of carbonyl (C=O) groups excluding carboxylic acids is 1. The van der Waals surface area contributed by atoms with Crippen LogP contribution in [-0.4, -0.2) is 28.4 Å². The van der Waals surface area contributed by atoms with Gasteiger partial charge in [-0.1, -0.05) is 19.9 Å². The van der Waals surface area contributed by atoms with Crippen LogP contribution in [0.15, 0.2) is 12.1 Å². The number of nitrogens with zero attached hydrogens (tertiary/aromatic N) is 3. The van der Waals surface area contributed by atoms with Gasteiger partial charge in [-0.3, -0.25) is 4.79 Å². The zero-order valence-electron chi connectivity index (χ0n) is 12.6. The number of pyridine rings is 1. The number of likely N-dealkylation sites (tertiary alicyclic amines) is 1. The Labute approximate surface area is 120 Å². The van der Waals surface area contributed by atoms with Crippen LogP contribution in [0, 0.1) is 30.6 Å². The maximum Gasteiger partial charge on any atom is 0.273 e. The molecular formula is C16H21N3O. The van der Waals surface area contributed by atoms with E-state index in [-0.39, 0.29) is 17.4 Å². The first-order chi connectivity index (χ1) is 9.36. The maximum absolute atomic E-state index is 12.6. The van der Waals surface area contributed by atoms with E-state index < -0.39 is 0 Å². The fourth-order valence-electron chi connectivity index (χ4n) is 2.75. The average molecular weight is 271 g/mol. The average Bonchev–Trinajstić information content (AvgIpc) is 2.39. The van der Waals surface area contributed by atoms with E-state index in [4.69, 9.17) is 0 Å². The fraction of sp³-hybridized carbons (Fsp3) is 0.562. The Morgan fingerprint density at radius 1 is 1.45 bits per heavy atom. The zero-order valence-corrected chi connectivity index (χ0v) is 12.6. The molecule has 1 amide bonds. The molecule has 0 aromatic carbocycles. The molecule has 0 spiro atoms. The Bertz CT molecular complexity index is 572. The van der Waals surface area contributed by atoms with Crippen LogP contribution in [0.4, 0.5) is 0 Å². The summed E-state index contributed by atoms with van der Waals surface area (Å²) >= 11 is 0. The molecule has 1 saturated heterocycles. The van der Waals surface area contributed by atoms with Crippen LogP contribution in [0.1, 0.15) is 48.4 Å². The number of nitriles is 1. The number of hydrogen-bond acceptors (Lipinski definition) is 3. The monoisotopic (exact) mass is 271 g/mol.